The average molecular weight is 179 g/mol. The zero-order valence-corrected chi connectivity index (χ0v) is 6.44. The van der Waals surface area contributed by atoms with Gasteiger partial charge in [0.2, 0.25) is 5.88 Å². The Labute approximate surface area is 66.7 Å². The normalized spacial score (nSPS) is 11.8. The van der Waals surface area contributed by atoms with E-state index in [1.807, 2.05) is 6.07 Å². The number of aromatic nitrogens is 2. The lowest BCUT2D eigenvalue weighted by atomic mass is 10.4. The molecule has 0 amide bonds. The second-order valence-corrected chi connectivity index (χ2v) is 2.10. The molecule has 1 radical (unpaired) electrons. The lowest BCUT2D eigenvalue weighted by Gasteiger charge is -1.98. The van der Waals surface area contributed by atoms with Crippen LogP contribution in [0.4, 0.5) is 13.2 Å². The molecule has 0 fully saturated rings. The summed E-state index contributed by atoms with van der Waals surface area (Å²) in [5, 5.41) is 3.16. The highest BCUT2D eigenvalue weighted by Gasteiger charge is 2.35. The summed E-state index contributed by atoms with van der Waals surface area (Å²) in [5.74, 6) is -0.0395. The maximum absolute atomic E-state index is 12.0. The lowest BCUT2D eigenvalue weighted by Crippen LogP contribution is -2.06. The number of alkyl halides is 3. The molecule has 1 aromatic rings. The Balaban J connectivity index is 3.05. The highest BCUT2D eigenvalue weighted by atomic mass is 19.4. The van der Waals surface area contributed by atoms with Crippen molar-refractivity contribution in [3.05, 3.63) is 11.8 Å². The van der Waals surface area contributed by atoms with Crippen molar-refractivity contribution in [3.8, 4) is 5.88 Å². The van der Waals surface area contributed by atoms with Crippen molar-refractivity contribution in [3.63, 3.8) is 0 Å². The monoisotopic (exact) mass is 179 g/mol. The minimum atomic E-state index is -4.46. The van der Waals surface area contributed by atoms with Gasteiger partial charge in [-0.15, -0.1) is 0 Å². The van der Waals surface area contributed by atoms with Crippen LogP contribution in [0.25, 0.3) is 0 Å². The van der Waals surface area contributed by atoms with Crippen LogP contribution in [0.5, 0.6) is 5.88 Å². The summed E-state index contributed by atoms with van der Waals surface area (Å²) in [6.45, 7) is 0. The number of rotatable bonds is 1. The number of hydrogen-bond acceptors (Lipinski definition) is 2. The topological polar surface area (TPSA) is 27.1 Å². The molecule has 1 aromatic heterocycles. The molecule has 12 heavy (non-hydrogen) atoms. The van der Waals surface area contributed by atoms with E-state index in [9.17, 15) is 13.2 Å². The largest absolute Gasteiger partial charge is 0.481 e. The number of aryl methyl sites for hydroxylation is 1. The van der Waals surface area contributed by atoms with Crippen LogP contribution in [0.15, 0.2) is 0 Å². The minimum Gasteiger partial charge on any atom is -0.481 e. The molecule has 0 aliphatic carbocycles. The molecule has 1 rings (SSSR count). The standard InChI is InChI=1S/C6H6F3N2O/c1-11-5(12-2)3-4(10-11)6(7,8)9/h1-2H3. The molecule has 1 heterocycles. The first-order valence-electron chi connectivity index (χ1n) is 3.02. The molecular weight excluding hydrogens is 173 g/mol. The van der Waals surface area contributed by atoms with Gasteiger partial charge in [-0.25, -0.2) is 4.68 Å². The summed E-state index contributed by atoms with van der Waals surface area (Å²) in [6, 6.07) is 1.98. The highest BCUT2D eigenvalue weighted by Crippen LogP contribution is 2.29. The van der Waals surface area contributed by atoms with Gasteiger partial charge in [0.1, 0.15) is 0 Å². The Hall–Kier alpha value is -1.20. The van der Waals surface area contributed by atoms with E-state index in [-0.39, 0.29) is 5.88 Å². The Morgan fingerprint density at radius 1 is 1.50 bits per heavy atom. The first kappa shape index (κ1) is 8.89. The van der Waals surface area contributed by atoms with Gasteiger partial charge in [-0.2, -0.15) is 18.3 Å². The quantitative estimate of drug-likeness (QED) is 0.648. The smallest absolute Gasteiger partial charge is 0.435 e. The Bertz CT molecular complexity index is 279. The van der Waals surface area contributed by atoms with Crippen molar-refractivity contribution in [2.75, 3.05) is 7.11 Å². The van der Waals surface area contributed by atoms with Gasteiger partial charge in [-0.1, -0.05) is 0 Å². The molecule has 0 atom stereocenters. The number of halogens is 3. The summed E-state index contributed by atoms with van der Waals surface area (Å²) in [7, 11) is 2.61. The average Bonchev–Trinajstić information content (AvgIpc) is 2.29. The van der Waals surface area contributed by atoms with Crippen LogP contribution < -0.4 is 4.74 Å². The van der Waals surface area contributed by atoms with Crippen molar-refractivity contribution < 1.29 is 17.9 Å². The molecule has 6 heteroatoms. The predicted molar refractivity (Wildman–Crippen MR) is 33.6 cm³/mol. The van der Waals surface area contributed by atoms with E-state index in [1.165, 1.54) is 14.2 Å². The molecule has 0 N–H and O–H groups in total. The second kappa shape index (κ2) is 2.69. The Morgan fingerprint density at radius 2 is 2.08 bits per heavy atom. The number of methoxy groups -OCH3 is 1. The van der Waals surface area contributed by atoms with E-state index in [4.69, 9.17) is 0 Å². The summed E-state index contributed by atoms with van der Waals surface area (Å²) in [5.41, 5.74) is -1.07. The van der Waals surface area contributed by atoms with Gasteiger partial charge in [0.05, 0.1) is 13.2 Å². The zero-order valence-electron chi connectivity index (χ0n) is 6.44. The van der Waals surface area contributed by atoms with E-state index < -0.39 is 11.9 Å². The van der Waals surface area contributed by atoms with Gasteiger partial charge in [-0.05, 0) is 0 Å². The Morgan fingerprint density at radius 3 is 2.33 bits per heavy atom. The van der Waals surface area contributed by atoms with Gasteiger partial charge in [0, 0.05) is 7.05 Å². The van der Waals surface area contributed by atoms with E-state index in [2.05, 4.69) is 9.84 Å². The van der Waals surface area contributed by atoms with Crippen LogP contribution in [0, 0.1) is 6.07 Å². The van der Waals surface area contributed by atoms with E-state index >= 15 is 0 Å². The fraction of sp³-hybridized carbons (Fsp3) is 0.500. The first-order valence-corrected chi connectivity index (χ1v) is 3.02. The van der Waals surface area contributed by atoms with Crippen molar-refractivity contribution in [1.82, 2.24) is 9.78 Å². The first-order chi connectivity index (χ1) is 5.45. The second-order valence-electron chi connectivity index (χ2n) is 2.10. The maximum atomic E-state index is 12.0. The number of hydrogen-bond donors (Lipinski definition) is 0. The van der Waals surface area contributed by atoms with Crippen LogP contribution in [0.1, 0.15) is 5.69 Å². The van der Waals surface area contributed by atoms with Gasteiger partial charge < -0.3 is 4.74 Å². The number of ether oxygens (including phenoxy) is 1. The fourth-order valence-corrected chi connectivity index (χ4v) is 0.713. The molecular formula is C6H6F3N2O. The fourth-order valence-electron chi connectivity index (χ4n) is 0.713. The van der Waals surface area contributed by atoms with Crippen LogP contribution in [0.3, 0.4) is 0 Å². The molecule has 0 aromatic carbocycles. The van der Waals surface area contributed by atoms with E-state index in [1.54, 1.807) is 0 Å². The summed E-state index contributed by atoms with van der Waals surface area (Å²) >= 11 is 0. The highest BCUT2D eigenvalue weighted by molar-refractivity contribution is 5.15. The summed E-state index contributed by atoms with van der Waals surface area (Å²) in [6.07, 6.45) is -4.46. The van der Waals surface area contributed by atoms with Crippen LogP contribution in [-0.2, 0) is 13.2 Å². The molecule has 0 aliphatic rings. The van der Waals surface area contributed by atoms with Gasteiger partial charge in [0.25, 0.3) is 0 Å². The van der Waals surface area contributed by atoms with E-state index in [0.29, 0.717) is 0 Å². The molecule has 0 saturated heterocycles. The van der Waals surface area contributed by atoms with Crippen molar-refractivity contribution in [2.24, 2.45) is 7.05 Å². The minimum absolute atomic E-state index is 0.0395. The zero-order chi connectivity index (χ0) is 9.35. The molecule has 67 valence electrons. The summed E-state index contributed by atoms with van der Waals surface area (Å²) < 4.78 is 41.4. The SMILES string of the molecule is COc1[c]c(C(F)(F)F)nn1C. The molecule has 0 aliphatic heterocycles. The van der Waals surface area contributed by atoms with Crippen molar-refractivity contribution >= 4 is 0 Å². The van der Waals surface area contributed by atoms with Crippen LogP contribution in [0.2, 0.25) is 0 Å². The number of nitrogens with zero attached hydrogens (tertiary/aromatic N) is 2. The molecule has 3 nitrogen and oxygen atoms in total. The van der Waals surface area contributed by atoms with Crippen LogP contribution >= 0.6 is 0 Å². The third-order valence-corrected chi connectivity index (χ3v) is 1.23. The van der Waals surface area contributed by atoms with Gasteiger partial charge in [0.15, 0.2) is 5.69 Å². The molecule has 0 bridgehead atoms. The van der Waals surface area contributed by atoms with Crippen molar-refractivity contribution in [1.29, 1.82) is 0 Å². The predicted octanol–water partition coefficient (Wildman–Crippen LogP) is 1.25. The summed E-state index contributed by atoms with van der Waals surface area (Å²) in [4.78, 5) is 0. The third-order valence-electron chi connectivity index (χ3n) is 1.23. The maximum Gasteiger partial charge on any atom is 0.435 e. The lowest BCUT2D eigenvalue weighted by molar-refractivity contribution is -0.141. The molecule has 0 unspecified atom stereocenters. The van der Waals surface area contributed by atoms with Gasteiger partial charge >= 0.3 is 6.18 Å². The van der Waals surface area contributed by atoms with E-state index in [0.717, 1.165) is 4.68 Å². The van der Waals surface area contributed by atoms with Crippen molar-refractivity contribution in [2.45, 2.75) is 6.18 Å². The van der Waals surface area contributed by atoms with Gasteiger partial charge in [-0.3, -0.25) is 0 Å². The molecule has 0 spiro atoms. The Kier molecular flexibility index (Phi) is 1.99. The molecule has 0 saturated carbocycles. The van der Waals surface area contributed by atoms with Crippen LogP contribution in [-0.4, -0.2) is 16.9 Å². The third kappa shape index (κ3) is 1.51.